The lowest BCUT2D eigenvalue weighted by Crippen LogP contribution is -2.36. The molecule has 0 spiro atoms. The van der Waals surface area contributed by atoms with Crippen molar-refractivity contribution in [2.24, 2.45) is 0 Å². The van der Waals surface area contributed by atoms with Crippen LogP contribution in [0.1, 0.15) is 46.0 Å². The molecular formula is C23H23ClN2O5. The summed E-state index contributed by atoms with van der Waals surface area (Å²) < 4.78 is 11.3. The van der Waals surface area contributed by atoms with Gasteiger partial charge in [-0.15, -0.1) is 0 Å². The lowest BCUT2D eigenvalue weighted by atomic mass is 10.1. The minimum Gasteiger partial charge on any atom is -0.481 e. The first-order chi connectivity index (χ1) is 14.8. The van der Waals surface area contributed by atoms with Gasteiger partial charge in [0, 0.05) is 17.3 Å². The predicted octanol–water partition coefficient (Wildman–Crippen LogP) is 3.83. The fourth-order valence-corrected chi connectivity index (χ4v) is 3.99. The van der Waals surface area contributed by atoms with Gasteiger partial charge in [-0.2, -0.15) is 0 Å². The second kappa shape index (κ2) is 8.69. The Morgan fingerprint density at radius 1 is 1.23 bits per heavy atom. The molecule has 8 heteroatoms. The molecule has 2 unspecified atom stereocenters. The Labute approximate surface area is 185 Å². The minimum atomic E-state index is -0.776. The number of benzene rings is 2. The molecule has 2 aromatic rings. The third kappa shape index (κ3) is 4.43. The highest BCUT2D eigenvalue weighted by Crippen LogP contribution is 2.28. The van der Waals surface area contributed by atoms with E-state index in [4.69, 9.17) is 21.1 Å². The molecule has 1 fully saturated rings. The molecule has 7 nitrogen and oxygen atoms in total. The number of carbonyl (C=O) groups is 3. The lowest BCUT2D eigenvalue weighted by molar-refractivity contribution is -0.122. The molecule has 2 aromatic carbocycles. The first-order valence-electron chi connectivity index (χ1n) is 10.2. The molecule has 2 aliphatic rings. The summed E-state index contributed by atoms with van der Waals surface area (Å²) in [4.78, 5) is 39.2. The average Bonchev–Trinajstić information content (AvgIpc) is 3.33. The van der Waals surface area contributed by atoms with E-state index in [2.05, 4.69) is 5.32 Å². The number of aryl methyl sites for hydroxylation is 1. The Hall–Kier alpha value is -2.90. The van der Waals surface area contributed by atoms with Crippen molar-refractivity contribution in [1.29, 1.82) is 0 Å². The van der Waals surface area contributed by atoms with E-state index in [1.165, 1.54) is 11.0 Å². The molecule has 2 atom stereocenters. The van der Waals surface area contributed by atoms with E-state index in [1.807, 2.05) is 6.92 Å². The summed E-state index contributed by atoms with van der Waals surface area (Å²) in [5.74, 6) is -0.509. The Bertz CT molecular complexity index is 1050. The van der Waals surface area contributed by atoms with Gasteiger partial charge in [-0.05, 0) is 68.7 Å². The topological polar surface area (TPSA) is 84.9 Å². The monoisotopic (exact) mass is 442 g/mol. The maximum Gasteiger partial charge on any atom is 0.265 e. The Morgan fingerprint density at radius 3 is 2.71 bits per heavy atom. The number of fused-ring (bicyclic) bond motifs is 1. The molecule has 0 saturated carbocycles. The number of amides is 3. The highest BCUT2D eigenvalue weighted by Gasteiger charge is 2.37. The van der Waals surface area contributed by atoms with Crippen molar-refractivity contribution in [2.45, 2.75) is 38.9 Å². The number of nitrogens with one attached hydrogen (secondary N) is 1. The predicted molar refractivity (Wildman–Crippen MR) is 116 cm³/mol. The molecule has 1 N–H and O–H groups in total. The minimum absolute atomic E-state index is 0.115. The molecule has 1 saturated heterocycles. The number of hydrogen-bond acceptors (Lipinski definition) is 5. The average molecular weight is 443 g/mol. The van der Waals surface area contributed by atoms with Crippen molar-refractivity contribution in [3.05, 3.63) is 58.1 Å². The van der Waals surface area contributed by atoms with Gasteiger partial charge in [-0.1, -0.05) is 11.6 Å². The molecule has 0 bridgehead atoms. The van der Waals surface area contributed by atoms with Crippen LogP contribution in [-0.2, 0) is 9.53 Å². The van der Waals surface area contributed by atoms with Crippen LogP contribution in [0.4, 0.5) is 5.69 Å². The van der Waals surface area contributed by atoms with Crippen LogP contribution in [0.5, 0.6) is 5.75 Å². The van der Waals surface area contributed by atoms with Crippen LogP contribution in [0.2, 0.25) is 5.02 Å². The number of carbonyl (C=O) groups excluding carboxylic acids is 3. The first kappa shape index (κ1) is 21.3. The number of nitrogens with zero attached hydrogens (tertiary/aromatic N) is 1. The normalized spacial score (nSPS) is 18.8. The molecule has 2 heterocycles. The van der Waals surface area contributed by atoms with Crippen LogP contribution < -0.4 is 10.1 Å². The number of imide groups is 1. The summed E-state index contributed by atoms with van der Waals surface area (Å²) in [6, 6.07) is 9.87. The molecule has 31 heavy (non-hydrogen) atoms. The van der Waals surface area contributed by atoms with Crippen LogP contribution in [0.3, 0.4) is 0 Å². The second-order valence-electron chi connectivity index (χ2n) is 7.78. The van der Waals surface area contributed by atoms with Crippen LogP contribution in [0.15, 0.2) is 36.4 Å². The zero-order valence-electron chi connectivity index (χ0n) is 17.3. The summed E-state index contributed by atoms with van der Waals surface area (Å²) in [7, 11) is 0. The summed E-state index contributed by atoms with van der Waals surface area (Å²) in [6.45, 7) is 4.38. The molecule has 3 amide bonds. The highest BCUT2D eigenvalue weighted by atomic mass is 35.5. The smallest absolute Gasteiger partial charge is 0.265 e. The Kier molecular flexibility index (Phi) is 5.98. The van der Waals surface area contributed by atoms with E-state index in [0.29, 0.717) is 28.6 Å². The van der Waals surface area contributed by atoms with Gasteiger partial charge >= 0.3 is 0 Å². The van der Waals surface area contributed by atoms with Gasteiger partial charge in [0.2, 0.25) is 0 Å². The summed E-state index contributed by atoms with van der Waals surface area (Å²) in [6.07, 6.45) is 0.872. The van der Waals surface area contributed by atoms with Gasteiger partial charge in [-0.3, -0.25) is 19.3 Å². The molecule has 162 valence electrons. The fraction of sp³-hybridized carbons (Fsp3) is 0.348. The second-order valence-corrected chi connectivity index (χ2v) is 8.21. The summed E-state index contributed by atoms with van der Waals surface area (Å²) >= 11 is 5.95. The third-order valence-corrected chi connectivity index (χ3v) is 5.69. The molecule has 0 aromatic heterocycles. The fourth-order valence-electron chi connectivity index (χ4n) is 3.76. The number of halogens is 1. The van der Waals surface area contributed by atoms with Crippen molar-refractivity contribution in [3.8, 4) is 5.75 Å². The van der Waals surface area contributed by atoms with Gasteiger partial charge in [0.05, 0.1) is 23.8 Å². The Morgan fingerprint density at radius 2 is 2.00 bits per heavy atom. The zero-order valence-corrected chi connectivity index (χ0v) is 18.1. The summed E-state index contributed by atoms with van der Waals surface area (Å²) in [5.41, 5.74) is 1.86. The quantitative estimate of drug-likeness (QED) is 0.687. The standard InChI is InChI=1S/C23H23ClN2O5/c1-13-10-15(24)5-8-20(13)31-14(2)21(27)25-16-6-7-18-19(11-16)23(29)26(22(18)28)12-17-4-3-9-30-17/h5-8,10-11,14,17H,3-4,9,12H2,1-2H3,(H,25,27). The zero-order chi connectivity index (χ0) is 22.1. The molecule has 4 rings (SSSR count). The number of rotatable bonds is 6. The molecule has 0 radical (unpaired) electrons. The van der Waals surface area contributed by atoms with Crippen LogP contribution >= 0.6 is 11.6 Å². The molecular weight excluding hydrogens is 420 g/mol. The lowest BCUT2D eigenvalue weighted by Gasteiger charge is -2.18. The third-order valence-electron chi connectivity index (χ3n) is 5.46. The molecule has 2 aliphatic heterocycles. The maximum atomic E-state index is 12.8. The van der Waals surface area contributed by atoms with Gasteiger partial charge in [-0.25, -0.2) is 0 Å². The molecule has 0 aliphatic carbocycles. The van der Waals surface area contributed by atoms with Crippen molar-refractivity contribution in [1.82, 2.24) is 4.90 Å². The number of hydrogen-bond donors (Lipinski definition) is 1. The van der Waals surface area contributed by atoms with Gasteiger partial charge in [0.15, 0.2) is 6.10 Å². The van der Waals surface area contributed by atoms with Crippen LogP contribution in [-0.4, -0.2) is 48.0 Å². The van der Waals surface area contributed by atoms with Gasteiger partial charge in [0.25, 0.3) is 17.7 Å². The van der Waals surface area contributed by atoms with Crippen LogP contribution in [0, 0.1) is 6.92 Å². The number of ether oxygens (including phenoxy) is 2. The first-order valence-corrected chi connectivity index (χ1v) is 10.6. The Balaban J connectivity index is 1.43. The van der Waals surface area contributed by atoms with E-state index in [1.54, 1.807) is 37.3 Å². The van der Waals surface area contributed by atoms with E-state index < -0.39 is 6.10 Å². The van der Waals surface area contributed by atoms with Gasteiger partial charge in [0.1, 0.15) is 5.75 Å². The van der Waals surface area contributed by atoms with Crippen LogP contribution in [0.25, 0.3) is 0 Å². The van der Waals surface area contributed by atoms with E-state index in [9.17, 15) is 14.4 Å². The van der Waals surface area contributed by atoms with Crippen molar-refractivity contribution in [2.75, 3.05) is 18.5 Å². The van der Waals surface area contributed by atoms with Crippen molar-refractivity contribution >= 4 is 35.0 Å². The largest absolute Gasteiger partial charge is 0.481 e. The number of anilines is 1. The van der Waals surface area contributed by atoms with E-state index in [-0.39, 0.29) is 35.9 Å². The van der Waals surface area contributed by atoms with Crippen molar-refractivity contribution in [3.63, 3.8) is 0 Å². The SMILES string of the molecule is Cc1cc(Cl)ccc1OC(C)C(=O)Nc1ccc2c(c1)C(=O)N(CC1CCCO1)C2=O. The summed E-state index contributed by atoms with van der Waals surface area (Å²) in [5, 5.41) is 3.34. The highest BCUT2D eigenvalue weighted by molar-refractivity contribution is 6.30. The van der Waals surface area contributed by atoms with E-state index in [0.717, 1.165) is 18.4 Å². The van der Waals surface area contributed by atoms with E-state index >= 15 is 0 Å². The van der Waals surface area contributed by atoms with Crippen molar-refractivity contribution < 1.29 is 23.9 Å². The van der Waals surface area contributed by atoms with Gasteiger partial charge < -0.3 is 14.8 Å². The maximum absolute atomic E-state index is 12.8.